The van der Waals surface area contributed by atoms with Crippen LogP contribution < -0.4 is 5.73 Å². The molecule has 104 valence electrons. The highest BCUT2D eigenvalue weighted by Crippen LogP contribution is 2.38. The van der Waals surface area contributed by atoms with Crippen LogP contribution in [0.25, 0.3) is 11.3 Å². The van der Waals surface area contributed by atoms with Gasteiger partial charge in [0.15, 0.2) is 0 Å². The van der Waals surface area contributed by atoms with E-state index in [0.717, 1.165) is 6.07 Å². The number of aromatic nitrogens is 2. The number of imidazole rings is 1. The predicted octanol–water partition coefficient (Wildman–Crippen LogP) is 3.09. The molecule has 2 N–H and O–H groups in total. The molecule has 0 saturated heterocycles. The Labute approximate surface area is 114 Å². The third-order valence-corrected chi connectivity index (χ3v) is 2.93. The van der Waals surface area contributed by atoms with Crippen molar-refractivity contribution >= 4 is 5.82 Å². The first kappa shape index (κ1) is 14.0. The number of hydrogen-bond acceptors (Lipinski definition) is 2. The first-order valence-corrected chi connectivity index (χ1v) is 5.79. The molecule has 0 aliphatic rings. The van der Waals surface area contributed by atoms with Crippen molar-refractivity contribution < 1.29 is 13.2 Å². The van der Waals surface area contributed by atoms with Crippen molar-refractivity contribution in [1.29, 1.82) is 0 Å². The van der Waals surface area contributed by atoms with E-state index < -0.39 is 11.7 Å². The van der Waals surface area contributed by atoms with Crippen LogP contribution in [0.3, 0.4) is 0 Å². The second-order valence-electron chi connectivity index (χ2n) is 4.23. The Balaban J connectivity index is 2.65. The number of anilines is 1. The van der Waals surface area contributed by atoms with Crippen LogP contribution in [0.1, 0.15) is 11.4 Å². The first-order chi connectivity index (χ1) is 9.36. The van der Waals surface area contributed by atoms with Crippen molar-refractivity contribution in [2.45, 2.75) is 19.6 Å². The van der Waals surface area contributed by atoms with Crippen LogP contribution in [-0.2, 0) is 12.7 Å². The molecule has 0 radical (unpaired) electrons. The molecule has 2 aromatic rings. The fourth-order valence-corrected chi connectivity index (χ4v) is 2.01. The van der Waals surface area contributed by atoms with Gasteiger partial charge in [-0.2, -0.15) is 13.2 Å². The Hall–Kier alpha value is -2.42. The minimum absolute atomic E-state index is 0.0450. The number of rotatable bonds is 2. The average molecular weight is 279 g/mol. The van der Waals surface area contributed by atoms with Crippen LogP contribution in [0.15, 0.2) is 24.3 Å². The van der Waals surface area contributed by atoms with Crippen molar-refractivity contribution in [2.24, 2.45) is 0 Å². The summed E-state index contributed by atoms with van der Waals surface area (Å²) in [5, 5.41) is 0. The number of hydrogen-bond donors (Lipinski definition) is 1. The number of terminal acetylenes is 1. The third kappa shape index (κ3) is 2.35. The molecule has 2 rings (SSSR count). The summed E-state index contributed by atoms with van der Waals surface area (Å²) >= 11 is 0. The highest BCUT2D eigenvalue weighted by Gasteiger charge is 2.34. The topological polar surface area (TPSA) is 43.8 Å². The Morgan fingerprint density at radius 2 is 2.00 bits per heavy atom. The summed E-state index contributed by atoms with van der Waals surface area (Å²) in [7, 11) is 0. The Morgan fingerprint density at radius 3 is 2.60 bits per heavy atom. The summed E-state index contributed by atoms with van der Waals surface area (Å²) in [5.74, 6) is 3.01. The van der Waals surface area contributed by atoms with Gasteiger partial charge in [0.2, 0.25) is 0 Å². The van der Waals surface area contributed by atoms with E-state index in [4.69, 9.17) is 12.2 Å². The lowest BCUT2D eigenvalue weighted by atomic mass is 10.0. The number of nitrogens with zero attached hydrogens (tertiary/aromatic N) is 2. The van der Waals surface area contributed by atoms with E-state index in [0.29, 0.717) is 5.82 Å². The molecule has 3 nitrogen and oxygen atoms in total. The van der Waals surface area contributed by atoms with Crippen molar-refractivity contribution in [3.05, 3.63) is 35.7 Å². The Morgan fingerprint density at radius 1 is 1.35 bits per heavy atom. The fourth-order valence-electron chi connectivity index (χ4n) is 2.01. The van der Waals surface area contributed by atoms with Crippen LogP contribution in [0.4, 0.5) is 19.0 Å². The van der Waals surface area contributed by atoms with E-state index in [1.807, 2.05) is 0 Å². The summed E-state index contributed by atoms with van der Waals surface area (Å²) < 4.78 is 40.5. The number of nitrogen functional groups attached to an aromatic ring is 1. The maximum atomic E-state index is 13.0. The Bertz CT molecular complexity index is 678. The maximum Gasteiger partial charge on any atom is 0.417 e. The van der Waals surface area contributed by atoms with Gasteiger partial charge in [0, 0.05) is 5.56 Å². The summed E-state index contributed by atoms with van der Waals surface area (Å²) in [6, 6.07) is 5.19. The van der Waals surface area contributed by atoms with Gasteiger partial charge < -0.3 is 10.3 Å². The maximum absolute atomic E-state index is 13.0. The first-order valence-electron chi connectivity index (χ1n) is 5.79. The molecule has 0 atom stereocenters. The zero-order valence-corrected chi connectivity index (χ0v) is 10.7. The predicted molar refractivity (Wildman–Crippen MR) is 70.6 cm³/mol. The van der Waals surface area contributed by atoms with Crippen molar-refractivity contribution in [3.8, 4) is 23.6 Å². The lowest BCUT2D eigenvalue weighted by molar-refractivity contribution is -0.137. The normalized spacial score (nSPS) is 11.3. The van der Waals surface area contributed by atoms with Crippen LogP contribution in [-0.4, -0.2) is 9.55 Å². The van der Waals surface area contributed by atoms with Crippen LogP contribution in [0.5, 0.6) is 0 Å². The molecule has 0 unspecified atom stereocenters. The van der Waals surface area contributed by atoms with Gasteiger partial charge in [-0.1, -0.05) is 24.1 Å². The summed E-state index contributed by atoms with van der Waals surface area (Å²) in [5.41, 5.74) is 5.16. The molecule has 0 aliphatic heterocycles. The minimum atomic E-state index is -4.47. The number of benzene rings is 1. The van der Waals surface area contributed by atoms with Crippen molar-refractivity contribution in [3.63, 3.8) is 0 Å². The van der Waals surface area contributed by atoms with E-state index >= 15 is 0 Å². The number of aryl methyl sites for hydroxylation is 1. The van der Waals surface area contributed by atoms with Crippen LogP contribution in [0.2, 0.25) is 0 Å². The molecule has 0 saturated carbocycles. The number of alkyl halides is 3. The monoisotopic (exact) mass is 279 g/mol. The zero-order chi connectivity index (χ0) is 14.9. The van der Waals surface area contributed by atoms with Gasteiger partial charge >= 0.3 is 6.18 Å². The van der Waals surface area contributed by atoms with E-state index in [1.165, 1.54) is 22.8 Å². The van der Waals surface area contributed by atoms with Crippen molar-refractivity contribution in [2.75, 3.05) is 5.73 Å². The quantitative estimate of drug-likeness (QED) is 0.858. The second-order valence-corrected chi connectivity index (χ2v) is 4.23. The van der Waals surface area contributed by atoms with Gasteiger partial charge in [0.05, 0.1) is 12.1 Å². The largest absolute Gasteiger partial charge is 0.417 e. The lowest BCUT2D eigenvalue weighted by Gasteiger charge is -2.11. The standard InChI is InChI=1S/C14H12F3N3/c1-3-8-20-9(2)19-12(13(20)18)10-6-4-5-7-11(10)14(15,16)17/h1,4-7H,8,18H2,2H3. The van der Waals surface area contributed by atoms with Gasteiger partial charge in [-0.15, -0.1) is 6.42 Å². The zero-order valence-electron chi connectivity index (χ0n) is 10.7. The smallest absolute Gasteiger partial charge is 0.383 e. The molecule has 1 aromatic heterocycles. The second kappa shape index (κ2) is 4.93. The molecule has 0 aliphatic carbocycles. The Kier molecular flexibility index (Phi) is 3.45. The lowest BCUT2D eigenvalue weighted by Crippen LogP contribution is -2.08. The molecule has 0 amide bonds. The van der Waals surface area contributed by atoms with Gasteiger partial charge in [-0.3, -0.25) is 0 Å². The summed E-state index contributed by atoms with van der Waals surface area (Å²) in [6.07, 6.45) is 0.746. The molecule has 0 bridgehead atoms. The van der Waals surface area contributed by atoms with E-state index in [-0.39, 0.29) is 23.6 Å². The molecule has 0 spiro atoms. The highest BCUT2D eigenvalue weighted by molar-refractivity contribution is 5.74. The van der Waals surface area contributed by atoms with Gasteiger partial charge in [-0.25, -0.2) is 4.98 Å². The van der Waals surface area contributed by atoms with Crippen molar-refractivity contribution in [1.82, 2.24) is 9.55 Å². The molecular weight excluding hydrogens is 267 g/mol. The van der Waals surface area contributed by atoms with Crippen LogP contribution >= 0.6 is 0 Å². The molecule has 0 fully saturated rings. The molecule has 1 aromatic carbocycles. The summed E-state index contributed by atoms with van der Waals surface area (Å²) in [6.45, 7) is 1.81. The van der Waals surface area contributed by atoms with E-state index in [1.54, 1.807) is 6.92 Å². The minimum Gasteiger partial charge on any atom is -0.383 e. The highest BCUT2D eigenvalue weighted by atomic mass is 19.4. The molecule has 1 heterocycles. The van der Waals surface area contributed by atoms with Gasteiger partial charge in [0.1, 0.15) is 17.3 Å². The SMILES string of the molecule is C#CCn1c(C)nc(-c2ccccc2C(F)(F)F)c1N. The van der Waals surface area contributed by atoms with E-state index in [2.05, 4.69) is 10.9 Å². The molecular formula is C14H12F3N3. The molecule has 6 heteroatoms. The van der Waals surface area contributed by atoms with Gasteiger partial charge in [0.25, 0.3) is 0 Å². The summed E-state index contributed by atoms with van der Waals surface area (Å²) in [4.78, 5) is 4.12. The fraction of sp³-hybridized carbons (Fsp3) is 0.214. The third-order valence-electron chi connectivity index (χ3n) is 2.93. The van der Waals surface area contributed by atoms with Gasteiger partial charge in [-0.05, 0) is 13.0 Å². The van der Waals surface area contributed by atoms with Crippen LogP contribution in [0, 0.1) is 19.3 Å². The number of halogens is 3. The van der Waals surface area contributed by atoms with E-state index in [9.17, 15) is 13.2 Å². The number of nitrogens with two attached hydrogens (primary N) is 1. The average Bonchev–Trinajstić information content (AvgIpc) is 2.66. The molecule has 20 heavy (non-hydrogen) atoms.